The highest BCUT2D eigenvalue weighted by atomic mass is 16.6. The number of rotatable bonds is 4. The maximum atomic E-state index is 11.5. The van der Waals surface area contributed by atoms with Crippen LogP contribution in [0.4, 0.5) is 0 Å². The van der Waals surface area contributed by atoms with Crippen molar-refractivity contribution in [2.75, 3.05) is 6.61 Å². The summed E-state index contributed by atoms with van der Waals surface area (Å²) in [4.78, 5) is 22.5. The van der Waals surface area contributed by atoms with E-state index >= 15 is 0 Å². The van der Waals surface area contributed by atoms with Crippen LogP contribution < -0.4 is 0 Å². The molecule has 1 atom stereocenters. The zero-order valence-electron chi connectivity index (χ0n) is 9.62. The summed E-state index contributed by atoms with van der Waals surface area (Å²) in [6.07, 6.45) is 2.98. The summed E-state index contributed by atoms with van der Waals surface area (Å²) in [6.45, 7) is 7.20. The zero-order chi connectivity index (χ0) is 12.1. The average Bonchev–Trinajstić information content (AvgIpc) is 2.58. The van der Waals surface area contributed by atoms with E-state index in [1.165, 1.54) is 6.92 Å². The molecule has 0 aromatic carbocycles. The van der Waals surface area contributed by atoms with Crippen LogP contribution in [0, 0.1) is 5.92 Å². The summed E-state index contributed by atoms with van der Waals surface area (Å²) in [5, 5.41) is 0. The number of allylic oxidation sites excluding steroid dienone is 1. The molecule has 0 radical (unpaired) electrons. The van der Waals surface area contributed by atoms with Gasteiger partial charge in [-0.2, -0.15) is 0 Å². The standard InChI is InChI=1S/C12H16O4/c1-4-6-10(16-8(3)13)11-9(5-2)7-15-12(11)14/h5,9H,2,4,6-7H2,1,3H3/b11-10+/t9-/m0/s1. The van der Waals surface area contributed by atoms with Crippen LogP contribution in [0.2, 0.25) is 0 Å². The van der Waals surface area contributed by atoms with E-state index < -0.39 is 11.9 Å². The van der Waals surface area contributed by atoms with Gasteiger partial charge in [-0.3, -0.25) is 4.79 Å². The fraction of sp³-hybridized carbons (Fsp3) is 0.500. The van der Waals surface area contributed by atoms with Gasteiger partial charge in [0.05, 0.1) is 5.57 Å². The summed E-state index contributed by atoms with van der Waals surface area (Å²) in [5.74, 6) is -0.580. The van der Waals surface area contributed by atoms with Crippen LogP contribution in [0.25, 0.3) is 0 Å². The number of carbonyl (C=O) groups excluding carboxylic acids is 2. The van der Waals surface area contributed by atoms with Gasteiger partial charge in [0.25, 0.3) is 0 Å². The molecule has 1 heterocycles. The van der Waals surface area contributed by atoms with E-state index in [9.17, 15) is 9.59 Å². The summed E-state index contributed by atoms with van der Waals surface area (Å²) in [5.41, 5.74) is 0.437. The second kappa shape index (κ2) is 5.49. The Morgan fingerprint density at radius 1 is 1.69 bits per heavy atom. The van der Waals surface area contributed by atoms with E-state index in [4.69, 9.17) is 9.47 Å². The highest BCUT2D eigenvalue weighted by Crippen LogP contribution is 2.28. The van der Waals surface area contributed by atoms with Crippen molar-refractivity contribution in [2.24, 2.45) is 5.92 Å². The Bertz CT molecular complexity index is 341. The van der Waals surface area contributed by atoms with Crippen molar-refractivity contribution < 1.29 is 19.1 Å². The molecule has 0 bridgehead atoms. The van der Waals surface area contributed by atoms with Gasteiger partial charge >= 0.3 is 11.9 Å². The monoisotopic (exact) mass is 224 g/mol. The van der Waals surface area contributed by atoms with E-state index in [1.807, 2.05) is 6.92 Å². The first-order chi connectivity index (χ1) is 7.60. The number of carbonyl (C=O) groups is 2. The minimum atomic E-state index is -0.418. The lowest BCUT2D eigenvalue weighted by atomic mass is 9.99. The minimum absolute atomic E-state index is 0.173. The maximum absolute atomic E-state index is 11.5. The molecular weight excluding hydrogens is 208 g/mol. The second-order valence-electron chi connectivity index (χ2n) is 3.62. The molecule has 88 valence electrons. The largest absolute Gasteiger partial charge is 0.461 e. The van der Waals surface area contributed by atoms with Gasteiger partial charge in [-0.25, -0.2) is 4.79 Å². The number of hydrogen-bond acceptors (Lipinski definition) is 4. The third-order valence-corrected chi connectivity index (χ3v) is 2.31. The molecule has 0 N–H and O–H groups in total. The Labute approximate surface area is 94.9 Å². The SMILES string of the molecule is C=C[C@H]1COC(=O)/C1=C(\CCC)OC(C)=O. The Balaban J connectivity index is 3.05. The smallest absolute Gasteiger partial charge is 0.338 e. The average molecular weight is 224 g/mol. The topological polar surface area (TPSA) is 52.6 Å². The fourth-order valence-electron chi connectivity index (χ4n) is 1.63. The van der Waals surface area contributed by atoms with Crippen molar-refractivity contribution in [2.45, 2.75) is 26.7 Å². The van der Waals surface area contributed by atoms with E-state index in [1.54, 1.807) is 6.08 Å². The summed E-state index contributed by atoms with van der Waals surface area (Å²) < 4.78 is 9.99. The first-order valence-electron chi connectivity index (χ1n) is 5.31. The van der Waals surface area contributed by atoms with Gasteiger partial charge < -0.3 is 9.47 Å². The van der Waals surface area contributed by atoms with E-state index in [0.717, 1.165) is 6.42 Å². The van der Waals surface area contributed by atoms with Crippen molar-refractivity contribution in [1.82, 2.24) is 0 Å². The Hall–Kier alpha value is -1.58. The van der Waals surface area contributed by atoms with Gasteiger partial charge in [0, 0.05) is 19.3 Å². The molecule has 0 amide bonds. The van der Waals surface area contributed by atoms with Crippen LogP contribution in [-0.4, -0.2) is 18.5 Å². The van der Waals surface area contributed by atoms with Crippen molar-refractivity contribution in [3.8, 4) is 0 Å². The lowest BCUT2D eigenvalue weighted by molar-refractivity contribution is -0.137. The van der Waals surface area contributed by atoms with Crippen molar-refractivity contribution in [3.63, 3.8) is 0 Å². The molecule has 4 heteroatoms. The molecular formula is C12H16O4. The molecule has 1 saturated heterocycles. The van der Waals surface area contributed by atoms with Gasteiger partial charge in [0.15, 0.2) is 0 Å². The van der Waals surface area contributed by atoms with Crippen LogP contribution in [0.1, 0.15) is 26.7 Å². The molecule has 0 spiro atoms. The van der Waals surface area contributed by atoms with Gasteiger partial charge in [-0.05, 0) is 6.42 Å². The normalized spacial score (nSPS) is 22.6. The van der Waals surface area contributed by atoms with Crippen LogP contribution in [-0.2, 0) is 19.1 Å². The second-order valence-corrected chi connectivity index (χ2v) is 3.62. The minimum Gasteiger partial charge on any atom is -0.461 e. The molecule has 16 heavy (non-hydrogen) atoms. The van der Waals surface area contributed by atoms with Crippen LogP contribution >= 0.6 is 0 Å². The van der Waals surface area contributed by atoms with E-state index in [2.05, 4.69) is 6.58 Å². The van der Waals surface area contributed by atoms with E-state index in [-0.39, 0.29) is 12.5 Å². The van der Waals surface area contributed by atoms with Gasteiger partial charge in [0.1, 0.15) is 12.4 Å². The zero-order valence-corrected chi connectivity index (χ0v) is 9.62. The lowest BCUT2D eigenvalue weighted by Gasteiger charge is -2.10. The molecule has 0 unspecified atom stereocenters. The highest BCUT2D eigenvalue weighted by Gasteiger charge is 2.32. The predicted molar refractivity (Wildman–Crippen MR) is 58.3 cm³/mol. The van der Waals surface area contributed by atoms with Crippen molar-refractivity contribution in [3.05, 3.63) is 24.0 Å². The Kier molecular flexibility index (Phi) is 4.28. The summed E-state index contributed by atoms with van der Waals surface area (Å²) in [7, 11) is 0. The van der Waals surface area contributed by atoms with Gasteiger partial charge in [-0.15, -0.1) is 6.58 Å². The molecule has 0 aromatic heterocycles. The summed E-state index contributed by atoms with van der Waals surface area (Å²) >= 11 is 0. The first-order valence-corrected chi connectivity index (χ1v) is 5.31. The molecule has 1 aliphatic heterocycles. The maximum Gasteiger partial charge on any atom is 0.338 e. The third-order valence-electron chi connectivity index (χ3n) is 2.31. The number of hydrogen-bond donors (Lipinski definition) is 0. The molecule has 0 aliphatic carbocycles. The fourth-order valence-corrected chi connectivity index (χ4v) is 1.63. The highest BCUT2D eigenvalue weighted by molar-refractivity contribution is 5.92. The number of cyclic esters (lactones) is 1. The van der Waals surface area contributed by atoms with Crippen molar-refractivity contribution in [1.29, 1.82) is 0 Å². The van der Waals surface area contributed by atoms with Gasteiger partial charge in [0.2, 0.25) is 0 Å². The number of esters is 2. The molecule has 1 fully saturated rings. The molecule has 1 aliphatic rings. The molecule has 0 saturated carbocycles. The predicted octanol–water partition coefficient (Wildman–Crippen LogP) is 1.96. The number of ether oxygens (including phenoxy) is 2. The summed E-state index contributed by atoms with van der Waals surface area (Å²) in [6, 6.07) is 0. The van der Waals surface area contributed by atoms with Crippen molar-refractivity contribution >= 4 is 11.9 Å². The first kappa shape index (κ1) is 12.5. The molecule has 4 nitrogen and oxygen atoms in total. The van der Waals surface area contributed by atoms with Crippen LogP contribution in [0.3, 0.4) is 0 Å². The van der Waals surface area contributed by atoms with Crippen LogP contribution in [0.15, 0.2) is 24.0 Å². The molecule has 1 rings (SSSR count). The van der Waals surface area contributed by atoms with E-state index in [0.29, 0.717) is 17.8 Å². The Morgan fingerprint density at radius 3 is 2.88 bits per heavy atom. The lowest BCUT2D eigenvalue weighted by Crippen LogP contribution is -2.10. The molecule has 0 aromatic rings. The Morgan fingerprint density at radius 2 is 2.38 bits per heavy atom. The quantitative estimate of drug-likeness (QED) is 0.317. The third kappa shape index (κ3) is 2.72. The van der Waals surface area contributed by atoms with Crippen LogP contribution in [0.5, 0.6) is 0 Å². The van der Waals surface area contributed by atoms with Gasteiger partial charge in [-0.1, -0.05) is 13.0 Å².